The van der Waals surface area contributed by atoms with Crippen LogP contribution < -0.4 is 10.8 Å². The molecule has 5 nitrogen and oxygen atoms in total. The minimum Gasteiger partial charge on any atom is -0.345 e. The van der Waals surface area contributed by atoms with Crippen LogP contribution in [0.1, 0.15) is 51.6 Å². The molecule has 0 saturated heterocycles. The molecule has 0 aliphatic heterocycles. The van der Waals surface area contributed by atoms with E-state index >= 15 is 0 Å². The van der Waals surface area contributed by atoms with Gasteiger partial charge < -0.3 is 9.88 Å². The molecule has 2 N–H and O–H groups in total. The molecule has 1 atom stereocenters. The zero-order valence-electron chi connectivity index (χ0n) is 21.4. The van der Waals surface area contributed by atoms with Gasteiger partial charge >= 0.3 is 6.18 Å². The Balaban J connectivity index is 1.57. The Bertz CT molecular complexity index is 1640. The summed E-state index contributed by atoms with van der Waals surface area (Å²) >= 11 is 0. The number of hydrogen-bond donors (Lipinski definition) is 2. The largest absolute Gasteiger partial charge is 0.433 e. The monoisotopic (exact) mass is 552 g/mol. The van der Waals surface area contributed by atoms with Crippen LogP contribution in [-0.2, 0) is 12.7 Å². The van der Waals surface area contributed by atoms with Gasteiger partial charge in [-0.15, -0.1) is 0 Å². The average molecular weight is 553 g/mol. The van der Waals surface area contributed by atoms with Crippen LogP contribution in [0.2, 0.25) is 0 Å². The molecule has 2 heterocycles. The third-order valence-corrected chi connectivity index (χ3v) is 6.94. The minimum absolute atomic E-state index is 0.0600. The van der Waals surface area contributed by atoms with Gasteiger partial charge in [0.1, 0.15) is 5.82 Å². The first-order valence-electron chi connectivity index (χ1n) is 12.6. The Morgan fingerprint density at radius 1 is 1.07 bits per heavy atom. The van der Waals surface area contributed by atoms with Crippen LogP contribution in [0.3, 0.4) is 0 Å². The van der Waals surface area contributed by atoms with E-state index in [4.69, 9.17) is 5.41 Å². The number of carbonyl (C=O) groups excluding carboxylic acids is 1. The first-order valence-corrected chi connectivity index (χ1v) is 12.6. The summed E-state index contributed by atoms with van der Waals surface area (Å²) < 4.78 is 70.7. The van der Waals surface area contributed by atoms with Crippen LogP contribution in [0.5, 0.6) is 0 Å². The van der Waals surface area contributed by atoms with E-state index in [9.17, 15) is 26.7 Å². The summed E-state index contributed by atoms with van der Waals surface area (Å²) in [5.74, 6) is -1.48. The number of aryl methyl sites for hydroxylation is 1. The van der Waals surface area contributed by atoms with E-state index in [1.807, 2.05) is 0 Å². The van der Waals surface area contributed by atoms with Crippen molar-refractivity contribution in [1.29, 1.82) is 5.41 Å². The van der Waals surface area contributed by atoms with Crippen molar-refractivity contribution >= 4 is 5.91 Å². The lowest BCUT2D eigenvalue weighted by Gasteiger charge is -2.21. The van der Waals surface area contributed by atoms with Crippen LogP contribution in [0, 0.1) is 29.9 Å². The van der Waals surface area contributed by atoms with Gasteiger partial charge in [0.2, 0.25) is 0 Å². The molecule has 1 saturated carbocycles. The molecule has 1 aliphatic carbocycles. The van der Waals surface area contributed by atoms with Crippen molar-refractivity contribution < 1.29 is 26.7 Å². The maximum atomic E-state index is 14.0. The Labute approximate surface area is 226 Å². The second kappa shape index (κ2) is 10.7. The maximum Gasteiger partial charge on any atom is 0.433 e. The molecule has 1 aliphatic rings. The number of amides is 1. The molecule has 0 radical (unpaired) electrons. The van der Waals surface area contributed by atoms with Gasteiger partial charge in [-0.1, -0.05) is 18.2 Å². The highest BCUT2D eigenvalue weighted by atomic mass is 19.4. The van der Waals surface area contributed by atoms with Crippen LogP contribution in [-0.4, -0.2) is 15.5 Å². The molecule has 1 amide bonds. The molecule has 1 fully saturated rings. The van der Waals surface area contributed by atoms with Gasteiger partial charge in [-0.05, 0) is 90.4 Å². The Hall–Kier alpha value is -4.34. The predicted molar refractivity (Wildman–Crippen MR) is 138 cm³/mol. The van der Waals surface area contributed by atoms with Crippen molar-refractivity contribution in [3.05, 3.63) is 118 Å². The Morgan fingerprint density at radius 2 is 1.85 bits per heavy atom. The zero-order chi connectivity index (χ0) is 28.6. The topological polar surface area (TPSA) is 70.8 Å². The van der Waals surface area contributed by atoms with E-state index in [1.54, 1.807) is 19.1 Å². The van der Waals surface area contributed by atoms with E-state index in [0.29, 0.717) is 11.1 Å². The number of halogens is 5. The van der Waals surface area contributed by atoms with Crippen molar-refractivity contribution in [2.45, 2.75) is 38.5 Å². The van der Waals surface area contributed by atoms with Gasteiger partial charge in [-0.2, -0.15) is 13.2 Å². The molecule has 0 bridgehead atoms. The number of benzene rings is 2. The van der Waals surface area contributed by atoms with Crippen LogP contribution in [0.15, 0.2) is 73.1 Å². The molecule has 5 rings (SSSR count). The molecule has 2 aromatic heterocycles. The fourth-order valence-corrected chi connectivity index (χ4v) is 4.77. The van der Waals surface area contributed by atoms with Gasteiger partial charge in [0, 0.05) is 30.1 Å². The van der Waals surface area contributed by atoms with Crippen molar-refractivity contribution in [2.75, 3.05) is 0 Å². The fraction of sp³-hybridized carbons (Fsp3) is 0.233. The SMILES string of the molecule is Cc1cc([C@@H](NC(=O)c2cc(Cn3cccc(F)c3=N)cc(-c3cccnc3C(F)(F)F)c2)C2CC2)ccc1F. The number of pyridine rings is 2. The number of hydrogen-bond acceptors (Lipinski definition) is 3. The van der Waals surface area contributed by atoms with Crippen LogP contribution in [0.4, 0.5) is 22.0 Å². The number of nitrogens with one attached hydrogen (secondary N) is 2. The van der Waals surface area contributed by atoms with Crippen molar-refractivity contribution in [1.82, 2.24) is 14.9 Å². The van der Waals surface area contributed by atoms with Gasteiger partial charge in [0.25, 0.3) is 5.91 Å². The summed E-state index contributed by atoms with van der Waals surface area (Å²) in [5, 5.41) is 11.0. The molecule has 0 spiro atoms. The normalized spacial score (nSPS) is 14.2. The maximum absolute atomic E-state index is 14.0. The summed E-state index contributed by atoms with van der Waals surface area (Å²) in [5.41, 5.74) is 0.0545. The molecule has 206 valence electrons. The predicted octanol–water partition coefficient (Wildman–Crippen LogP) is 6.56. The summed E-state index contributed by atoms with van der Waals surface area (Å²) in [6.45, 7) is 1.58. The molecule has 4 aromatic rings. The first-order chi connectivity index (χ1) is 19.0. The van der Waals surface area contributed by atoms with Crippen molar-refractivity contribution in [3.8, 4) is 11.1 Å². The fourth-order valence-electron chi connectivity index (χ4n) is 4.77. The quantitative estimate of drug-likeness (QED) is 0.255. The lowest BCUT2D eigenvalue weighted by molar-refractivity contribution is -0.140. The summed E-state index contributed by atoms with van der Waals surface area (Å²) in [4.78, 5) is 17.1. The van der Waals surface area contributed by atoms with Crippen LogP contribution >= 0.6 is 0 Å². The number of nitrogens with zero attached hydrogens (tertiary/aromatic N) is 2. The average Bonchev–Trinajstić information content (AvgIpc) is 3.76. The molecule has 0 unspecified atom stereocenters. The lowest BCUT2D eigenvalue weighted by atomic mass is 9.96. The molecule has 10 heteroatoms. The highest BCUT2D eigenvalue weighted by Gasteiger charge is 2.36. The van der Waals surface area contributed by atoms with Gasteiger partial charge in [-0.3, -0.25) is 15.2 Å². The minimum atomic E-state index is -4.74. The van der Waals surface area contributed by atoms with E-state index in [0.717, 1.165) is 30.7 Å². The van der Waals surface area contributed by atoms with E-state index in [1.165, 1.54) is 53.2 Å². The summed E-state index contributed by atoms with van der Waals surface area (Å²) in [6.07, 6.45) is -0.468. The van der Waals surface area contributed by atoms with E-state index < -0.39 is 35.1 Å². The third kappa shape index (κ3) is 5.80. The van der Waals surface area contributed by atoms with E-state index in [2.05, 4.69) is 10.3 Å². The second-order valence-corrected chi connectivity index (χ2v) is 9.95. The highest BCUT2D eigenvalue weighted by Crippen LogP contribution is 2.42. The number of carbonyl (C=O) groups is 1. The lowest BCUT2D eigenvalue weighted by Crippen LogP contribution is -2.30. The first kappa shape index (κ1) is 27.2. The van der Waals surface area contributed by atoms with Gasteiger partial charge in [-0.25, -0.2) is 8.78 Å². The second-order valence-electron chi connectivity index (χ2n) is 9.95. The van der Waals surface area contributed by atoms with E-state index in [-0.39, 0.29) is 35.0 Å². The van der Waals surface area contributed by atoms with Crippen LogP contribution in [0.25, 0.3) is 11.1 Å². The molecule has 2 aromatic carbocycles. The summed E-state index contributed by atoms with van der Waals surface area (Å²) in [7, 11) is 0. The van der Waals surface area contributed by atoms with Crippen molar-refractivity contribution in [2.24, 2.45) is 5.92 Å². The van der Waals surface area contributed by atoms with Crippen molar-refractivity contribution in [3.63, 3.8) is 0 Å². The van der Waals surface area contributed by atoms with Gasteiger partial charge in [0.15, 0.2) is 17.0 Å². The summed E-state index contributed by atoms with van der Waals surface area (Å²) in [6, 6.07) is 13.8. The van der Waals surface area contributed by atoms with Gasteiger partial charge in [0.05, 0.1) is 6.04 Å². The number of aromatic nitrogens is 2. The third-order valence-electron chi connectivity index (χ3n) is 6.94. The molecular formula is C30H25F5N4O. The highest BCUT2D eigenvalue weighted by molar-refractivity contribution is 5.96. The smallest absolute Gasteiger partial charge is 0.345 e. The standard InChI is InChI=1S/C30H25F5N4O/c1-17-12-20(8-9-24(17)31)26(19-6-7-19)38-29(40)22-14-18(16-39-11-3-5-25(32)28(39)36)13-21(15-22)23-4-2-10-37-27(23)30(33,34)35/h2-5,8-15,19,26,36H,6-7,16H2,1H3,(H,38,40)/t26-/m0/s1. The number of rotatable bonds is 7. The molecule has 40 heavy (non-hydrogen) atoms. The number of alkyl halides is 3. The Morgan fingerprint density at radius 3 is 2.55 bits per heavy atom. The Kier molecular flexibility index (Phi) is 7.27. The molecular weight excluding hydrogens is 527 g/mol. The zero-order valence-corrected chi connectivity index (χ0v) is 21.4.